The average Bonchev–Trinajstić information content (AvgIpc) is 2.90. The minimum absolute atomic E-state index is 0. The molecule has 21 heavy (non-hydrogen) atoms. The van der Waals surface area contributed by atoms with Gasteiger partial charge >= 0.3 is 0 Å². The van der Waals surface area contributed by atoms with E-state index in [0.717, 1.165) is 11.1 Å². The van der Waals surface area contributed by atoms with E-state index in [1.165, 1.54) is 6.33 Å². The van der Waals surface area contributed by atoms with Crippen molar-refractivity contribution in [2.75, 3.05) is 0 Å². The molecule has 1 heterocycles. The van der Waals surface area contributed by atoms with Gasteiger partial charge in [0.05, 0.1) is 12.6 Å². The van der Waals surface area contributed by atoms with E-state index >= 15 is 0 Å². The van der Waals surface area contributed by atoms with Gasteiger partial charge in [-0.3, -0.25) is 4.79 Å². The number of carbonyl (C=O) groups is 1. The highest BCUT2D eigenvalue weighted by molar-refractivity contribution is 5.85. The second kappa shape index (κ2) is 9.33. The lowest BCUT2D eigenvalue weighted by atomic mass is 10.1. The van der Waals surface area contributed by atoms with Crippen LogP contribution in [0.3, 0.4) is 0 Å². The van der Waals surface area contributed by atoms with Crippen molar-refractivity contribution in [3.8, 4) is 0 Å². The van der Waals surface area contributed by atoms with Crippen LogP contribution in [0.15, 0.2) is 36.9 Å². The van der Waals surface area contributed by atoms with Crippen LogP contribution in [0.4, 0.5) is 0 Å². The zero-order chi connectivity index (χ0) is 13.7. The predicted molar refractivity (Wildman–Crippen MR) is 85.6 cm³/mol. The van der Waals surface area contributed by atoms with Crippen LogP contribution < -0.4 is 11.1 Å². The molecule has 1 aromatic carbocycles. The first-order valence-electron chi connectivity index (χ1n) is 6.09. The van der Waals surface area contributed by atoms with Crippen LogP contribution in [0.2, 0.25) is 0 Å². The van der Waals surface area contributed by atoms with Gasteiger partial charge in [0.2, 0.25) is 5.91 Å². The molecule has 0 fully saturated rings. The van der Waals surface area contributed by atoms with E-state index in [4.69, 9.17) is 5.73 Å². The molecule has 0 bridgehead atoms. The fraction of sp³-hybridized carbons (Fsp3) is 0.308. The Bertz CT molecular complexity index is 545. The second-order valence-electron chi connectivity index (χ2n) is 4.37. The second-order valence-corrected chi connectivity index (χ2v) is 4.37. The Kier molecular flexibility index (Phi) is 8.61. The summed E-state index contributed by atoms with van der Waals surface area (Å²) >= 11 is 0. The van der Waals surface area contributed by atoms with Crippen LogP contribution in [0.25, 0.3) is 0 Å². The van der Waals surface area contributed by atoms with Crippen molar-refractivity contribution in [3.05, 3.63) is 48.0 Å². The first-order valence-corrected chi connectivity index (χ1v) is 6.09. The molecule has 8 heteroatoms. The van der Waals surface area contributed by atoms with Crippen molar-refractivity contribution >= 4 is 30.7 Å². The highest BCUT2D eigenvalue weighted by Crippen LogP contribution is 2.09. The standard InChI is InChI=1S/C13H17N5O.2ClH/c1-10(14)13(19)16-6-11-4-2-3-5-12(11)7-18-9-15-8-17-18;;/h2-5,8-10H,6-7,14H2,1H3,(H,16,19);2*1H. The van der Waals surface area contributed by atoms with Crippen molar-refractivity contribution in [3.63, 3.8) is 0 Å². The normalized spacial score (nSPS) is 11.0. The maximum Gasteiger partial charge on any atom is 0.236 e. The number of nitrogens with one attached hydrogen (secondary N) is 1. The zero-order valence-corrected chi connectivity index (χ0v) is 13.2. The van der Waals surface area contributed by atoms with Gasteiger partial charge < -0.3 is 11.1 Å². The molecule has 1 aromatic heterocycles. The lowest BCUT2D eigenvalue weighted by molar-refractivity contribution is -0.122. The van der Waals surface area contributed by atoms with Crippen LogP contribution in [0, 0.1) is 0 Å². The Morgan fingerprint density at radius 1 is 1.33 bits per heavy atom. The number of amides is 1. The summed E-state index contributed by atoms with van der Waals surface area (Å²) in [4.78, 5) is 15.4. The molecular weight excluding hydrogens is 313 g/mol. The molecule has 3 N–H and O–H groups in total. The van der Waals surface area contributed by atoms with Crippen LogP contribution >= 0.6 is 24.8 Å². The number of nitrogens with two attached hydrogens (primary N) is 1. The van der Waals surface area contributed by atoms with Crippen LogP contribution in [0.5, 0.6) is 0 Å². The molecule has 0 aliphatic carbocycles. The van der Waals surface area contributed by atoms with E-state index < -0.39 is 6.04 Å². The fourth-order valence-electron chi connectivity index (χ4n) is 1.72. The van der Waals surface area contributed by atoms with Crippen LogP contribution in [0.1, 0.15) is 18.1 Å². The Balaban J connectivity index is 0.00000200. The van der Waals surface area contributed by atoms with Crippen molar-refractivity contribution in [1.29, 1.82) is 0 Å². The fourth-order valence-corrected chi connectivity index (χ4v) is 1.72. The molecule has 1 unspecified atom stereocenters. The van der Waals surface area contributed by atoms with Gasteiger partial charge in [0.15, 0.2) is 0 Å². The van der Waals surface area contributed by atoms with Gasteiger partial charge in [-0.1, -0.05) is 24.3 Å². The molecule has 6 nitrogen and oxygen atoms in total. The Morgan fingerprint density at radius 2 is 2.00 bits per heavy atom. The summed E-state index contributed by atoms with van der Waals surface area (Å²) in [6.07, 6.45) is 3.16. The SMILES string of the molecule is CC(N)C(=O)NCc1ccccc1Cn1cncn1.Cl.Cl. The summed E-state index contributed by atoms with van der Waals surface area (Å²) in [5.74, 6) is -0.157. The lowest BCUT2D eigenvalue weighted by Gasteiger charge is -2.11. The number of benzene rings is 1. The van der Waals surface area contributed by atoms with E-state index in [2.05, 4.69) is 15.4 Å². The summed E-state index contributed by atoms with van der Waals surface area (Å²) in [6, 6.07) is 7.40. The highest BCUT2D eigenvalue weighted by atomic mass is 35.5. The minimum atomic E-state index is -0.498. The number of halogens is 2. The molecule has 0 saturated carbocycles. The third kappa shape index (κ3) is 5.71. The van der Waals surface area contributed by atoms with Crippen molar-refractivity contribution in [1.82, 2.24) is 20.1 Å². The molecule has 0 spiro atoms. The number of nitrogens with zero attached hydrogens (tertiary/aromatic N) is 3. The van der Waals surface area contributed by atoms with Crippen molar-refractivity contribution in [2.45, 2.75) is 26.1 Å². The third-order valence-electron chi connectivity index (χ3n) is 2.78. The summed E-state index contributed by atoms with van der Waals surface area (Å²) in [7, 11) is 0. The zero-order valence-electron chi connectivity index (χ0n) is 11.6. The van der Waals surface area contributed by atoms with Crippen molar-refractivity contribution in [2.24, 2.45) is 5.73 Å². The van der Waals surface area contributed by atoms with E-state index in [9.17, 15) is 4.79 Å². The molecule has 116 valence electrons. The van der Waals surface area contributed by atoms with E-state index in [-0.39, 0.29) is 30.7 Å². The lowest BCUT2D eigenvalue weighted by Crippen LogP contribution is -2.38. The Hall–Kier alpha value is -1.63. The van der Waals surface area contributed by atoms with Gasteiger partial charge in [-0.05, 0) is 18.1 Å². The number of hydrogen-bond acceptors (Lipinski definition) is 4. The quantitative estimate of drug-likeness (QED) is 0.860. The topological polar surface area (TPSA) is 85.8 Å². The molecule has 0 saturated heterocycles. The molecule has 1 amide bonds. The first-order chi connectivity index (χ1) is 9.16. The van der Waals surface area contributed by atoms with Gasteiger partial charge in [-0.25, -0.2) is 9.67 Å². The van der Waals surface area contributed by atoms with E-state index in [1.54, 1.807) is 17.9 Å². The van der Waals surface area contributed by atoms with Crippen LogP contribution in [-0.2, 0) is 17.9 Å². The summed E-state index contributed by atoms with van der Waals surface area (Å²) in [6.45, 7) is 2.76. The maximum atomic E-state index is 11.5. The Morgan fingerprint density at radius 3 is 2.57 bits per heavy atom. The third-order valence-corrected chi connectivity index (χ3v) is 2.78. The van der Waals surface area contributed by atoms with Gasteiger partial charge in [0.1, 0.15) is 12.7 Å². The molecule has 0 aliphatic heterocycles. The maximum absolute atomic E-state index is 11.5. The predicted octanol–water partition coefficient (Wildman–Crippen LogP) is 1.13. The van der Waals surface area contributed by atoms with E-state index in [1.807, 2.05) is 24.3 Å². The van der Waals surface area contributed by atoms with Gasteiger partial charge in [0, 0.05) is 6.54 Å². The molecule has 0 aliphatic rings. The average molecular weight is 332 g/mol. The largest absolute Gasteiger partial charge is 0.351 e. The molecule has 1 atom stereocenters. The van der Waals surface area contributed by atoms with Crippen LogP contribution in [-0.4, -0.2) is 26.7 Å². The molecular formula is C13H19Cl2N5O. The van der Waals surface area contributed by atoms with Gasteiger partial charge in [-0.2, -0.15) is 5.10 Å². The summed E-state index contributed by atoms with van der Waals surface area (Å²) in [5, 5.41) is 6.88. The number of hydrogen-bond donors (Lipinski definition) is 2. The summed E-state index contributed by atoms with van der Waals surface area (Å²) < 4.78 is 1.74. The first kappa shape index (κ1) is 19.4. The number of aromatic nitrogens is 3. The van der Waals surface area contributed by atoms with E-state index in [0.29, 0.717) is 13.1 Å². The minimum Gasteiger partial charge on any atom is -0.351 e. The molecule has 0 radical (unpaired) electrons. The summed E-state index contributed by atoms with van der Waals surface area (Å²) in [5.41, 5.74) is 7.66. The van der Waals surface area contributed by atoms with Gasteiger partial charge in [0.25, 0.3) is 0 Å². The van der Waals surface area contributed by atoms with Crippen molar-refractivity contribution < 1.29 is 4.79 Å². The number of carbonyl (C=O) groups excluding carboxylic acids is 1. The molecule has 2 aromatic rings. The molecule has 2 rings (SSSR count). The monoisotopic (exact) mass is 331 g/mol. The number of rotatable bonds is 5. The smallest absolute Gasteiger partial charge is 0.236 e. The van der Waals surface area contributed by atoms with Gasteiger partial charge in [-0.15, -0.1) is 24.8 Å². The highest BCUT2D eigenvalue weighted by Gasteiger charge is 2.08. The Labute approximate surface area is 135 Å².